The topological polar surface area (TPSA) is 29.5 Å². The van der Waals surface area contributed by atoms with Crippen molar-refractivity contribution in [3.8, 4) is 0 Å². The maximum atomic E-state index is 9.75. The Morgan fingerprint density at radius 2 is 1.54 bits per heavy atom. The van der Waals surface area contributed by atoms with Gasteiger partial charge >= 0.3 is 0 Å². The Bertz CT molecular complexity index is 559. The molecular weight excluding hydrogens is 344 g/mol. The molecule has 0 spiro atoms. The molecule has 0 aliphatic heterocycles. The van der Waals surface area contributed by atoms with Crippen LogP contribution in [0.1, 0.15) is 89.5 Å². The SMILES string of the molecule is CCCCCCCCCCOC1(CCC(C)O)C=CC(c2ccccc2)C=C1. The van der Waals surface area contributed by atoms with Gasteiger partial charge in [-0.15, -0.1) is 0 Å². The Morgan fingerprint density at radius 1 is 0.929 bits per heavy atom. The number of benzene rings is 1. The van der Waals surface area contributed by atoms with Gasteiger partial charge in [0.15, 0.2) is 0 Å². The molecule has 0 aromatic heterocycles. The van der Waals surface area contributed by atoms with Crippen LogP contribution in [0.2, 0.25) is 0 Å². The van der Waals surface area contributed by atoms with Crippen molar-refractivity contribution < 1.29 is 9.84 Å². The van der Waals surface area contributed by atoms with Gasteiger partial charge < -0.3 is 9.84 Å². The van der Waals surface area contributed by atoms with Crippen LogP contribution in [-0.4, -0.2) is 23.4 Å². The molecule has 0 saturated carbocycles. The van der Waals surface area contributed by atoms with Gasteiger partial charge in [0.1, 0.15) is 5.60 Å². The molecule has 0 bridgehead atoms. The number of hydrogen-bond donors (Lipinski definition) is 1. The van der Waals surface area contributed by atoms with E-state index >= 15 is 0 Å². The van der Waals surface area contributed by atoms with Crippen LogP contribution >= 0.6 is 0 Å². The summed E-state index contributed by atoms with van der Waals surface area (Å²) in [5, 5.41) is 9.75. The van der Waals surface area contributed by atoms with E-state index < -0.39 is 0 Å². The van der Waals surface area contributed by atoms with E-state index in [0.29, 0.717) is 5.92 Å². The Kier molecular flexibility index (Phi) is 10.6. The molecule has 1 atom stereocenters. The van der Waals surface area contributed by atoms with Crippen molar-refractivity contribution in [1.29, 1.82) is 0 Å². The first-order valence-electron chi connectivity index (χ1n) is 11.4. The largest absolute Gasteiger partial charge is 0.393 e. The Labute approximate surface area is 172 Å². The van der Waals surface area contributed by atoms with Crippen LogP contribution in [0.5, 0.6) is 0 Å². The minimum atomic E-state index is -0.358. The molecule has 28 heavy (non-hydrogen) atoms. The number of ether oxygens (including phenoxy) is 1. The van der Waals surface area contributed by atoms with E-state index in [1.807, 2.05) is 6.92 Å². The van der Waals surface area contributed by atoms with Gasteiger partial charge in [-0.3, -0.25) is 0 Å². The number of hydrogen-bond acceptors (Lipinski definition) is 2. The lowest BCUT2D eigenvalue weighted by Gasteiger charge is -2.32. The summed E-state index contributed by atoms with van der Waals surface area (Å²) in [7, 11) is 0. The molecule has 1 unspecified atom stereocenters. The molecule has 2 rings (SSSR count). The third-order valence-corrected chi connectivity index (χ3v) is 5.68. The van der Waals surface area contributed by atoms with Crippen molar-refractivity contribution in [2.24, 2.45) is 0 Å². The molecule has 1 N–H and O–H groups in total. The normalized spacial score (nSPS) is 22.5. The molecule has 156 valence electrons. The second kappa shape index (κ2) is 13.0. The van der Waals surface area contributed by atoms with Crippen molar-refractivity contribution in [1.82, 2.24) is 0 Å². The van der Waals surface area contributed by atoms with E-state index in [0.717, 1.165) is 25.9 Å². The van der Waals surface area contributed by atoms with Crippen LogP contribution in [0.15, 0.2) is 54.6 Å². The average molecular weight is 385 g/mol. The first kappa shape index (κ1) is 22.9. The highest BCUT2D eigenvalue weighted by molar-refractivity contribution is 5.35. The van der Waals surface area contributed by atoms with Crippen LogP contribution in [-0.2, 0) is 4.74 Å². The van der Waals surface area contributed by atoms with E-state index in [4.69, 9.17) is 4.74 Å². The van der Waals surface area contributed by atoms with Gasteiger partial charge in [-0.1, -0.05) is 107 Å². The average Bonchev–Trinajstić information content (AvgIpc) is 2.72. The van der Waals surface area contributed by atoms with E-state index in [2.05, 4.69) is 61.6 Å². The molecule has 2 heteroatoms. The third-order valence-electron chi connectivity index (χ3n) is 5.68. The standard InChI is InChI=1S/C26H40O2/c1-3-4-5-6-7-8-9-13-22-28-26(19-16-23(2)27)20-17-25(18-21-26)24-14-11-10-12-15-24/h10-12,14-15,17-18,20-21,23,25,27H,3-9,13,16,19,22H2,1-2H3. The maximum Gasteiger partial charge on any atom is 0.104 e. The highest BCUT2D eigenvalue weighted by atomic mass is 16.5. The molecule has 0 radical (unpaired) electrons. The van der Waals surface area contributed by atoms with Crippen LogP contribution in [0.4, 0.5) is 0 Å². The van der Waals surface area contributed by atoms with Gasteiger partial charge in [-0.25, -0.2) is 0 Å². The summed E-state index contributed by atoms with van der Waals surface area (Å²) in [6.45, 7) is 4.91. The Balaban J connectivity index is 1.79. The summed E-state index contributed by atoms with van der Waals surface area (Å²) in [5.74, 6) is 0.313. The van der Waals surface area contributed by atoms with Crippen LogP contribution in [0.3, 0.4) is 0 Å². The number of aliphatic hydroxyl groups is 1. The van der Waals surface area contributed by atoms with Gasteiger partial charge in [0.05, 0.1) is 6.10 Å². The summed E-state index contributed by atoms with van der Waals surface area (Å²) in [4.78, 5) is 0. The van der Waals surface area contributed by atoms with Crippen molar-refractivity contribution in [3.05, 3.63) is 60.2 Å². The van der Waals surface area contributed by atoms with Crippen molar-refractivity contribution >= 4 is 0 Å². The summed E-state index contributed by atoms with van der Waals surface area (Å²) in [6, 6.07) is 10.6. The van der Waals surface area contributed by atoms with Crippen molar-refractivity contribution in [3.63, 3.8) is 0 Å². The molecule has 0 fully saturated rings. The lowest BCUT2D eigenvalue weighted by atomic mass is 9.85. The zero-order chi connectivity index (χ0) is 20.1. The monoisotopic (exact) mass is 384 g/mol. The van der Waals surface area contributed by atoms with Gasteiger partial charge in [-0.05, 0) is 31.7 Å². The molecule has 1 aromatic carbocycles. The Morgan fingerprint density at radius 3 is 2.14 bits per heavy atom. The first-order chi connectivity index (χ1) is 13.7. The maximum absolute atomic E-state index is 9.75. The Hall–Kier alpha value is -1.38. The minimum Gasteiger partial charge on any atom is -0.393 e. The molecule has 0 saturated heterocycles. The molecular formula is C26H40O2. The predicted molar refractivity (Wildman–Crippen MR) is 120 cm³/mol. The van der Waals surface area contributed by atoms with Gasteiger partial charge in [0.2, 0.25) is 0 Å². The molecule has 0 heterocycles. The number of allylic oxidation sites excluding steroid dienone is 2. The fraction of sp³-hybridized carbons (Fsp3) is 0.615. The van der Waals surface area contributed by atoms with Gasteiger partial charge in [-0.2, -0.15) is 0 Å². The van der Waals surface area contributed by atoms with E-state index in [1.54, 1.807) is 0 Å². The highest BCUT2D eigenvalue weighted by Gasteiger charge is 2.28. The van der Waals surface area contributed by atoms with Gasteiger partial charge in [0, 0.05) is 12.5 Å². The van der Waals surface area contributed by atoms with Crippen molar-refractivity contribution in [2.45, 2.75) is 95.7 Å². The van der Waals surface area contributed by atoms with Gasteiger partial charge in [0.25, 0.3) is 0 Å². The minimum absolute atomic E-state index is 0.294. The second-order valence-electron chi connectivity index (χ2n) is 8.32. The summed E-state index contributed by atoms with van der Waals surface area (Å²) in [6.07, 6.45) is 20.7. The smallest absolute Gasteiger partial charge is 0.104 e. The van der Waals surface area contributed by atoms with Crippen LogP contribution < -0.4 is 0 Å². The first-order valence-corrected chi connectivity index (χ1v) is 11.4. The number of aliphatic hydroxyl groups excluding tert-OH is 1. The molecule has 1 aliphatic carbocycles. The molecule has 1 aromatic rings. The quantitative estimate of drug-likeness (QED) is 0.278. The van der Waals surface area contributed by atoms with Crippen LogP contribution in [0, 0.1) is 0 Å². The fourth-order valence-electron chi connectivity index (χ4n) is 3.82. The molecule has 0 amide bonds. The number of rotatable bonds is 14. The molecule has 1 aliphatic rings. The van der Waals surface area contributed by atoms with E-state index in [9.17, 15) is 5.11 Å². The summed E-state index contributed by atoms with van der Waals surface area (Å²) < 4.78 is 6.37. The number of unbranched alkanes of at least 4 members (excludes halogenated alkanes) is 7. The summed E-state index contributed by atoms with van der Waals surface area (Å²) >= 11 is 0. The van der Waals surface area contributed by atoms with Crippen molar-refractivity contribution in [2.75, 3.05) is 6.61 Å². The van der Waals surface area contributed by atoms with E-state index in [-0.39, 0.29) is 11.7 Å². The van der Waals surface area contributed by atoms with Crippen LogP contribution in [0.25, 0.3) is 0 Å². The highest BCUT2D eigenvalue weighted by Crippen LogP contribution is 2.32. The second-order valence-corrected chi connectivity index (χ2v) is 8.32. The van der Waals surface area contributed by atoms with E-state index in [1.165, 1.54) is 50.5 Å². The zero-order valence-corrected chi connectivity index (χ0v) is 18.0. The lowest BCUT2D eigenvalue weighted by Crippen LogP contribution is -2.31. The fourth-order valence-corrected chi connectivity index (χ4v) is 3.82. The third kappa shape index (κ3) is 8.32. The summed E-state index contributed by atoms with van der Waals surface area (Å²) in [5.41, 5.74) is 0.950. The zero-order valence-electron chi connectivity index (χ0n) is 18.0. The predicted octanol–water partition coefficient (Wildman–Crippen LogP) is 6.95. The molecule has 2 nitrogen and oxygen atoms in total. The lowest BCUT2D eigenvalue weighted by molar-refractivity contribution is 0.00865.